The number of hydrogen-bond acceptors (Lipinski definition) is 1. The molecular weight excluding hydrogens is 303 g/mol. The Morgan fingerprint density at radius 3 is 2.43 bits per heavy atom. The Morgan fingerprint density at radius 1 is 0.957 bits per heavy atom. The molecule has 0 unspecified atom stereocenters. The first-order valence-corrected chi connectivity index (χ1v) is 7.54. The lowest BCUT2D eigenvalue weighted by molar-refractivity contribution is -0.137. The van der Waals surface area contributed by atoms with Crippen molar-refractivity contribution >= 4 is 11.6 Å². The Morgan fingerprint density at radius 2 is 1.70 bits per heavy atom. The quantitative estimate of drug-likeness (QED) is 0.843. The molecule has 0 aliphatic heterocycles. The van der Waals surface area contributed by atoms with Crippen LogP contribution in [0.4, 0.5) is 18.9 Å². The summed E-state index contributed by atoms with van der Waals surface area (Å²) in [7, 11) is 0. The van der Waals surface area contributed by atoms with E-state index in [9.17, 15) is 18.0 Å². The summed E-state index contributed by atoms with van der Waals surface area (Å²) >= 11 is 0. The van der Waals surface area contributed by atoms with Crippen LogP contribution in [0.5, 0.6) is 0 Å². The zero-order valence-electron chi connectivity index (χ0n) is 12.4. The first kappa shape index (κ1) is 15.6. The van der Waals surface area contributed by atoms with Crippen LogP contribution in [0, 0.1) is 0 Å². The number of rotatable bonds is 2. The number of carbonyl (C=O) groups excluding carboxylic acids is 1. The minimum absolute atomic E-state index is 0.141. The highest BCUT2D eigenvalue weighted by Gasteiger charge is 2.30. The van der Waals surface area contributed by atoms with Gasteiger partial charge in [-0.2, -0.15) is 13.2 Å². The molecule has 0 atom stereocenters. The largest absolute Gasteiger partial charge is 0.416 e. The van der Waals surface area contributed by atoms with Gasteiger partial charge in [-0.1, -0.05) is 12.1 Å². The molecule has 0 fully saturated rings. The summed E-state index contributed by atoms with van der Waals surface area (Å²) in [6.07, 6.45) is -0.202. The van der Waals surface area contributed by atoms with Crippen molar-refractivity contribution in [1.82, 2.24) is 0 Å². The van der Waals surface area contributed by atoms with E-state index in [2.05, 4.69) is 5.32 Å². The average molecular weight is 319 g/mol. The van der Waals surface area contributed by atoms with Crippen molar-refractivity contribution in [2.24, 2.45) is 0 Å². The lowest BCUT2D eigenvalue weighted by Crippen LogP contribution is -2.14. The summed E-state index contributed by atoms with van der Waals surface area (Å²) in [6.45, 7) is 0. The third-order valence-electron chi connectivity index (χ3n) is 4.06. The highest BCUT2D eigenvalue weighted by atomic mass is 19.4. The lowest BCUT2D eigenvalue weighted by Gasteiger charge is -2.16. The van der Waals surface area contributed by atoms with Gasteiger partial charge in [0.05, 0.1) is 5.56 Å². The minimum atomic E-state index is -4.42. The molecule has 1 aliphatic rings. The topological polar surface area (TPSA) is 29.1 Å². The summed E-state index contributed by atoms with van der Waals surface area (Å²) in [6, 6.07) is 10.2. The van der Waals surface area contributed by atoms with E-state index in [0.717, 1.165) is 43.4 Å². The number of nitrogens with one attached hydrogen (secondary N) is 1. The number of halogens is 3. The highest BCUT2D eigenvalue weighted by Crippen LogP contribution is 2.31. The van der Waals surface area contributed by atoms with Crippen LogP contribution in [0.1, 0.15) is 39.9 Å². The van der Waals surface area contributed by atoms with Crippen LogP contribution in [0.25, 0.3) is 0 Å². The van der Waals surface area contributed by atoms with E-state index in [0.29, 0.717) is 5.56 Å². The monoisotopic (exact) mass is 319 g/mol. The van der Waals surface area contributed by atoms with Crippen molar-refractivity contribution in [3.05, 3.63) is 64.7 Å². The van der Waals surface area contributed by atoms with Crippen molar-refractivity contribution < 1.29 is 18.0 Å². The molecule has 1 N–H and O–H groups in total. The molecule has 0 saturated carbocycles. The number of fused-ring (bicyclic) bond motifs is 1. The highest BCUT2D eigenvalue weighted by molar-refractivity contribution is 6.04. The predicted molar refractivity (Wildman–Crippen MR) is 82.5 cm³/mol. The predicted octanol–water partition coefficient (Wildman–Crippen LogP) is 4.84. The summed E-state index contributed by atoms with van der Waals surface area (Å²) in [5.74, 6) is -0.391. The number of benzene rings is 2. The second-order valence-corrected chi connectivity index (χ2v) is 5.72. The molecule has 120 valence electrons. The average Bonchev–Trinajstić information content (AvgIpc) is 2.54. The van der Waals surface area contributed by atoms with Gasteiger partial charge in [0, 0.05) is 11.3 Å². The molecular formula is C18H16F3NO. The molecule has 1 amide bonds. The summed E-state index contributed by atoms with van der Waals surface area (Å²) < 4.78 is 38.1. The van der Waals surface area contributed by atoms with Crippen molar-refractivity contribution in [2.75, 3.05) is 5.32 Å². The number of aryl methyl sites for hydroxylation is 2. The molecule has 0 spiro atoms. The third-order valence-corrected chi connectivity index (χ3v) is 4.06. The number of hydrogen-bond donors (Lipinski definition) is 1. The molecule has 0 saturated heterocycles. The van der Waals surface area contributed by atoms with Crippen LogP contribution in [-0.2, 0) is 19.0 Å². The number of alkyl halides is 3. The number of amides is 1. The van der Waals surface area contributed by atoms with Gasteiger partial charge in [0.25, 0.3) is 5.91 Å². The maximum absolute atomic E-state index is 12.7. The Kier molecular flexibility index (Phi) is 4.11. The maximum Gasteiger partial charge on any atom is 0.416 e. The molecule has 2 aromatic carbocycles. The molecule has 0 heterocycles. The van der Waals surface area contributed by atoms with Crippen molar-refractivity contribution in [3.63, 3.8) is 0 Å². The Labute approximate surface area is 132 Å². The number of carbonyl (C=O) groups is 1. The number of anilines is 1. The van der Waals surface area contributed by atoms with E-state index in [1.54, 1.807) is 6.07 Å². The zero-order chi connectivity index (χ0) is 16.4. The summed E-state index contributed by atoms with van der Waals surface area (Å²) in [5, 5.41) is 2.54. The fourth-order valence-electron chi connectivity index (χ4n) is 2.85. The van der Waals surface area contributed by atoms with Gasteiger partial charge in [-0.15, -0.1) is 0 Å². The van der Waals surface area contributed by atoms with Crippen molar-refractivity contribution in [2.45, 2.75) is 31.9 Å². The van der Waals surface area contributed by atoms with Crippen LogP contribution in [0.15, 0.2) is 42.5 Å². The Balaban J connectivity index is 1.79. The fraction of sp³-hybridized carbons (Fsp3) is 0.278. The van der Waals surface area contributed by atoms with Gasteiger partial charge in [-0.25, -0.2) is 0 Å². The standard InChI is InChI=1S/C18H16F3NO/c19-18(20,21)15-6-3-7-16(11-15)22-17(23)14-9-8-12-4-1-2-5-13(12)10-14/h3,6-11H,1-2,4-5H2,(H,22,23). The second-order valence-electron chi connectivity index (χ2n) is 5.72. The van der Waals surface area contributed by atoms with Gasteiger partial charge >= 0.3 is 6.18 Å². The van der Waals surface area contributed by atoms with Gasteiger partial charge in [0.1, 0.15) is 0 Å². The van der Waals surface area contributed by atoms with Crippen LogP contribution >= 0.6 is 0 Å². The smallest absolute Gasteiger partial charge is 0.322 e. The van der Waals surface area contributed by atoms with Gasteiger partial charge in [-0.05, 0) is 67.1 Å². The first-order valence-electron chi connectivity index (χ1n) is 7.54. The Bertz CT molecular complexity index is 737. The van der Waals surface area contributed by atoms with E-state index in [-0.39, 0.29) is 5.69 Å². The molecule has 0 bridgehead atoms. The molecule has 23 heavy (non-hydrogen) atoms. The third kappa shape index (κ3) is 3.55. The molecule has 0 radical (unpaired) electrons. The van der Waals surface area contributed by atoms with E-state index in [4.69, 9.17) is 0 Å². The zero-order valence-corrected chi connectivity index (χ0v) is 12.4. The normalized spacial score (nSPS) is 14.2. The van der Waals surface area contributed by atoms with E-state index in [1.165, 1.54) is 17.7 Å². The molecule has 5 heteroatoms. The van der Waals surface area contributed by atoms with Gasteiger partial charge in [0.2, 0.25) is 0 Å². The van der Waals surface area contributed by atoms with Crippen LogP contribution in [0.3, 0.4) is 0 Å². The van der Waals surface area contributed by atoms with Crippen molar-refractivity contribution in [3.8, 4) is 0 Å². The SMILES string of the molecule is O=C(Nc1cccc(C(F)(F)F)c1)c1ccc2c(c1)CCCC2. The van der Waals surface area contributed by atoms with Gasteiger partial charge in [0.15, 0.2) is 0 Å². The van der Waals surface area contributed by atoms with E-state index in [1.807, 2.05) is 12.1 Å². The summed E-state index contributed by atoms with van der Waals surface area (Å²) in [4.78, 5) is 12.3. The molecule has 3 rings (SSSR count). The molecule has 2 aromatic rings. The first-order chi connectivity index (χ1) is 10.9. The minimum Gasteiger partial charge on any atom is -0.322 e. The fourth-order valence-corrected chi connectivity index (χ4v) is 2.85. The van der Waals surface area contributed by atoms with Gasteiger partial charge in [-0.3, -0.25) is 4.79 Å². The molecule has 2 nitrogen and oxygen atoms in total. The van der Waals surface area contributed by atoms with Crippen LogP contribution in [0.2, 0.25) is 0 Å². The Hall–Kier alpha value is -2.30. The summed E-state index contributed by atoms with van der Waals surface area (Å²) in [5.41, 5.74) is 2.26. The molecule has 0 aromatic heterocycles. The maximum atomic E-state index is 12.7. The van der Waals surface area contributed by atoms with Crippen LogP contribution in [-0.4, -0.2) is 5.91 Å². The van der Waals surface area contributed by atoms with E-state index >= 15 is 0 Å². The second kappa shape index (κ2) is 6.07. The van der Waals surface area contributed by atoms with Crippen LogP contribution < -0.4 is 5.32 Å². The van der Waals surface area contributed by atoms with E-state index < -0.39 is 17.6 Å². The van der Waals surface area contributed by atoms with Crippen molar-refractivity contribution in [1.29, 1.82) is 0 Å². The molecule has 1 aliphatic carbocycles. The lowest BCUT2D eigenvalue weighted by atomic mass is 9.90. The van der Waals surface area contributed by atoms with Gasteiger partial charge < -0.3 is 5.32 Å².